The van der Waals surface area contributed by atoms with Gasteiger partial charge in [-0.05, 0) is 0 Å². The molecule has 0 aromatic rings. The summed E-state index contributed by atoms with van der Waals surface area (Å²) < 4.78 is 0. The molecule has 4 heteroatoms. The van der Waals surface area contributed by atoms with Gasteiger partial charge in [0.05, 0.1) is 0 Å². The topological polar surface area (TPSA) is 58.4 Å². The molecule has 1 aliphatic heterocycles. The zero-order valence-electron chi connectivity index (χ0n) is 4.72. The van der Waals surface area contributed by atoms with Gasteiger partial charge in [0, 0.05) is 13.6 Å². The lowest BCUT2D eigenvalue weighted by molar-refractivity contribution is -0.121. The maximum absolute atomic E-state index is 10.5. The van der Waals surface area contributed by atoms with E-state index in [1.165, 1.54) is 0 Å². The third-order valence-corrected chi connectivity index (χ3v) is 1.11. The second-order valence-corrected chi connectivity index (χ2v) is 1.96. The van der Waals surface area contributed by atoms with Gasteiger partial charge in [-0.15, -0.1) is 0 Å². The Morgan fingerprint density at radius 1 is 2.00 bits per heavy atom. The van der Waals surface area contributed by atoms with Gasteiger partial charge in [0.2, 0.25) is 0 Å². The van der Waals surface area contributed by atoms with Gasteiger partial charge in [-0.3, -0.25) is 10.2 Å². The number of hydrazine groups is 1. The number of likely N-dealkylation sites (N-methyl/N-ethyl adjacent to an activating group) is 1. The van der Waals surface area contributed by atoms with Gasteiger partial charge in [-0.25, -0.2) is 5.01 Å². The monoisotopic (exact) mass is 115 g/mol. The summed E-state index contributed by atoms with van der Waals surface area (Å²) >= 11 is 0. The molecule has 1 rings (SSSR count). The summed E-state index contributed by atoms with van der Waals surface area (Å²) in [4.78, 5) is 10.5. The molecule has 1 amide bonds. The van der Waals surface area contributed by atoms with Crippen molar-refractivity contribution < 1.29 is 4.79 Å². The molecule has 3 N–H and O–H groups in total. The fourth-order valence-corrected chi connectivity index (χ4v) is 0.695. The number of hydrogen-bond acceptors (Lipinski definition) is 3. The highest BCUT2D eigenvalue weighted by Crippen LogP contribution is 1.91. The fourth-order valence-electron chi connectivity index (χ4n) is 0.695. The van der Waals surface area contributed by atoms with Crippen LogP contribution in [0.25, 0.3) is 0 Å². The Morgan fingerprint density at radius 2 is 2.62 bits per heavy atom. The number of nitrogens with zero attached hydrogens (tertiary/aromatic N) is 1. The third-order valence-electron chi connectivity index (χ3n) is 1.11. The maximum Gasteiger partial charge on any atom is 0.252 e. The normalized spacial score (nSPS) is 30.8. The largest absolute Gasteiger partial charge is 0.319 e. The highest BCUT2D eigenvalue weighted by Gasteiger charge is 2.23. The minimum atomic E-state index is -0.333. The first-order valence-corrected chi connectivity index (χ1v) is 2.47. The second kappa shape index (κ2) is 1.72. The Balaban J connectivity index is 2.51. The van der Waals surface area contributed by atoms with E-state index in [-0.39, 0.29) is 11.9 Å². The molecule has 1 fully saturated rings. The Bertz CT molecular complexity index is 114. The predicted octanol–water partition coefficient (Wildman–Crippen LogP) is -1.71. The zero-order chi connectivity index (χ0) is 6.15. The van der Waals surface area contributed by atoms with E-state index in [1.807, 2.05) is 0 Å². The van der Waals surface area contributed by atoms with E-state index in [4.69, 9.17) is 5.73 Å². The van der Waals surface area contributed by atoms with Crippen molar-refractivity contribution in [1.82, 2.24) is 10.4 Å². The van der Waals surface area contributed by atoms with Crippen LogP contribution in [0.2, 0.25) is 0 Å². The van der Waals surface area contributed by atoms with Crippen molar-refractivity contribution in [2.45, 2.75) is 6.04 Å². The lowest BCUT2D eigenvalue weighted by atomic mass is 10.3. The number of nitrogens with one attached hydrogen (secondary N) is 1. The highest BCUT2D eigenvalue weighted by molar-refractivity contribution is 5.82. The van der Waals surface area contributed by atoms with E-state index >= 15 is 0 Å². The van der Waals surface area contributed by atoms with Crippen LogP contribution in [0.4, 0.5) is 0 Å². The van der Waals surface area contributed by atoms with Crippen LogP contribution in [0.5, 0.6) is 0 Å². The van der Waals surface area contributed by atoms with Gasteiger partial charge in [-0.1, -0.05) is 0 Å². The minimum Gasteiger partial charge on any atom is -0.319 e. The summed E-state index contributed by atoms with van der Waals surface area (Å²) in [6.45, 7) is 0.610. The SMILES string of the molecule is CN1C[C@H](N)C(=O)N1. The number of hydrogen-bond donors (Lipinski definition) is 2. The van der Waals surface area contributed by atoms with E-state index in [0.717, 1.165) is 0 Å². The molecule has 0 radical (unpaired) electrons. The van der Waals surface area contributed by atoms with Gasteiger partial charge < -0.3 is 5.73 Å². The summed E-state index contributed by atoms with van der Waals surface area (Å²) in [6, 6.07) is -0.333. The molecule has 0 aromatic heterocycles. The van der Waals surface area contributed by atoms with Crippen LogP contribution in [0.1, 0.15) is 0 Å². The number of carbonyl (C=O) groups is 1. The molecule has 0 spiro atoms. The molecule has 4 nitrogen and oxygen atoms in total. The fraction of sp³-hybridized carbons (Fsp3) is 0.750. The molecule has 0 aromatic carbocycles. The predicted molar refractivity (Wildman–Crippen MR) is 28.7 cm³/mol. The van der Waals surface area contributed by atoms with Crippen LogP contribution < -0.4 is 11.2 Å². The lowest BCUT2D eigenvalue weighted by Gasteiger charge is -2.02. The Morgan fingerprint density at radius 3 is 2.75 bits per heavy atom. The molecule has 0 unspecified atom stereocenters. The van der Waals surface area contributed by atoms with Crippen molar-refractivity contribution in [3.63, 3.8) is 0 Å². The van der Waals surface area contributed by atoms with Crippen molar-refractivity contribution in [3.8, 4) is 0 Å². The molecular weight excluding hydrogens is 106 g/mol. The van der Waals surface area contributed by atoms with E-state index in [9.17, 15) is 4.79 Å². The summed E-state index contributed by atoms with van der Waals surface area (Å²) in [5, 5.41) is 1.67. The number of rotatable bonds is 0. The molecule has 1 heterocycles. The van der Waals surface area contributed by atoms with E-state index in [2.05, 4.69) is 5.43 Å². The molecule has 1 atom stereocenters. The van der Waals surface area contributed by atoms with Gasteiger partial charge in [0.1, 0.15) is 6.04 Å². The quantitative estimate of drug-likeness (QED) is 0.395. The molecule has 8 heavy (non-hydrogen) atoms. The molecule has 0 aliphatic carbocycles. The number of amides is 1. The van der Waals surface area contributed by atoms with Gasteiger partial charge in [0.25, 0.3) is 5.91 Å². The Hall–Kier alpha value is -0.610. The van der Waals surface area contributed by atoms with Gasteiger partial charge in [0.15, 0.2) is 0 Å². The van der Waals surface area contributed by atoms with E-state index in [0.29, 0.717) is 6.54 Å². The average molecular weight is 115 g/mol. The summed E-state index contributed by atoms with van der Waals surface area (Å²) in [7, 11) is 1.78. The van der Waals surface area contributed by atoms with Gasteiger partial charge in [-0.2, -0.15) is 0 Å². The Kier molecular flexibility index (Phi) is 1.19. The molecular formula is C4H9N3O. The van der Waals surface area contributed by atoms with Crippen molar-refractivity contribution in [2.24, 2.45) is 5.73 Å². The van der Waals surface area contributed by atoms with Gasteiger partial charge >= 0.3 is 0 Å². The number of nitrogens with two attached hydrogens (primary N) is 1. The second-order valence-electron chi connectivity index (χ2n) is 1.96. The maximum atomic E-state index is 10.5. The van der Waals surface area contributed by atoms with Crippen LogP contribution >= 0.6 is 0 Å². The van der Waals surface area contributed by atoms with E-state index in [1.54, 1.807) is 12.1 Å². The molecule has 0 saturated carbocycles. The van der Waals surface area contributed by atoms with Crippen LogP contribution in [-0.4, -0.2) is 30.6 Å². The third kappa shape index (κ3) is 0.801. The van der Waals surface area contributed by atoms with Crippen molar-refractivity contribution in [3.05, 3.63) is 0 Å². The first-order chi connectivity index (χ1) is 3.70. The van der Waals surface area contributed by atoms with E-state index < -0.39 is 0 Å². The Labute approximate surface area is 47.6 Å². The highest BCUT2D eigenvalue weighted by atomic mass is 16.2. The zero-order valence-corrected chi connectivity index (χ0v) is 4.72. The van der Waals surface area contributed by atoms with Crippen molar-refractivity contribution in [2.75, 3.05) is 13.6 Å². The van der Waals surface area contributed by atoms with Crippen LogP contribution in [0.15, 0.2) is 0 Å². The molecule has 46 valence electrons. The number of carbonyl (C=O) groups excluding carboxylic acids is 1. The van der Waals surface area contributed by atoms with Crippen molar-refractivity contribution >= 4 is 5.91 Å². The smallest absolute Gasteiger partial charge is 0.252 e. The standard InChI is InChI=1S/C4H9N3O/c1-7-2-3(5)4(8)6-7/h3H,2,5H2,1H3,(H,6,8)/t3-/m0/s1. The summed E-state index contributed by atoms with van der Waals surface area (Å²) in [6.07, 6.45) is 0. The molecule has 1 aliphatic rings. The first kappa shape index (κ1) is 5.53. The molecule has 0 bridgehead atoms. The average Bonchev–Trinajstić information content (AvgIpc) is 1.85. The van der Waals surface area contributed by atoms with Crippen LogP contribution in [0.3, 0.4) is 0 Å². The minimum absolute atomic E-state index is 0.0903. The van der Waals surface area contributed by atoms with Crippen LogP contribution in [0, 0.1) is 0 Å². The molecule has 1 saturated heterocycles. The van der Waals surface area contributed by atoms with Crippen LogP contribution in [-0.2, 0) is 4.79 Å². The van der Waals surface area contributed by atoms with Crippen molar-refractivity contribution in [1.29, 1.82) is 0 Å². The lowest BCUT2D eigenvalue weighted by Crippen LogP contribution is -2.32. The summed E-state index contributed by atoms with van der Waals surface area (Å²) in [5.41, 5.74) is 7.85. The summed E-state index contributed by atoms with van der Waals surface area (Å²) in [5.74, 6) is -0.0903. The first-order valence-electron chi connectivity index (χ1n) is 2.47.